The highest BCUT2D eigenvalue weighted by molar-refractivity contribution is 6.04. The Bertz CT molecular complexity index is 511. The van der Waals surface area contributed by atoms with E-state index in [2.05, 4.69) is 17.2 Å². The second-order valence-electron chi connectivity index (χ2n) is 4.14. The SMILES string of the molecule is CCCc1ccc(NC(=O)c2ccncc2)cc1.Cl. The van der Waals surface area contributed by atoms with E-state index in [0.717, 1.165) is 18.5 Å². The topological polar surface area (TPSA) is 42.0 Å². The first-order valence-electron chi connectivity index (χ1n) is 6.10. The van der Waals surface area contributed by atoms with Crippen molar-refractivity contribution in [2.75, 3.05) is 5.32 Å². The summed E-state index contributed by atoms with van der Waals surface area (Å²) in [5, 5.41) is 2.86. The number of rotatable bonds is 4. The van der Waals surface area contributed by atoms with Crippen LogP contribution in [-0.4, -0.2) is 10.9 Å². The maximum atomic E-state index is 11.9. The molecule has 0 bridgehead atoms. The first-order chi connectivity index (χ1) is 8.79. The third kappa shape index (κ3) is 4.38. The van der Waals surface area contributed by atoms with Crippen molar-refractivity contribution in [2.45, 2.75) is 19.8 Å². The highest BCUT2D eigenvalue weighted by Crippen LogP contribution is 2.12. The average molecular weight is 277 g/mol. The predicted molar refractivity (Wildman–Crippen MR) is 79.9 cm³/mol. The zero-order valence-electron chi connectivity index (χ0n) is 10.8. The van der Waals surface area contributed by atoms with Crippen molar-refractivity contribution >= 4 is 24.0 Å². The van der Waals surface area contributed by atoms with Gasteiger partial charge in [0.25, 0.3) is 5.91 Å². The molecule has 0 unspecified atom stereocenters. The van der Waals surface area contributed by atoms with E-state index < -0.39 is 0 Å². The highest BCUT2D eigenvalue weighted by atomic mass is 35.5. The predicted octanol–water partition coefficient (Wildman–Crippen LogP) is 3.71. The monoisotopic (exact) mass is 276 g/mol. The van der Waals surface area contributed by atoms with Gasteiger partial charge >= 0.3 is 0 Å². The molecule has 0 spiro atoms. The number of halogens is 1. The van der Waals surface area contributed by atoms with E-state index in [1.807, 2.05) is 24.3 Å². The van der Waals surface area contributed by atoms with E-state index in [0.29, 0.717) is 5.56 Å². The van der Waals surface area contributed by atoms with Gasteiger partial charge in [-0.3, -0.25) is 9.78 Å². The highest BCUT2D eigenvalue weighted by Gasteiger charge is 2.04. The normalized spacial score (nSPS) is 9.53. The quantitative estimate of drug-likeness (QED) is 0.925. The van der Waals surface area contributed by atoms with Gasteiger partial charge in [0.05, 0.1) is 0 Å². The molecular formula is C15H17ClN2O. The van der Waals surface area contributed by atoms with Crippen molar-refractivity contribution in [2.24, 2.45) is 0 Å². The Morgan fingerprint density at radius 1 is 1.11 bits per heavy atom. The zero-order valence-corrected chi connectivity index (χ0v) is 11.6. The van der Waals surface area contributed by atoms with E-state index >= 15 is 0 Å². The summed E-state index contributed by atoms with van der Waals surface area (Å²) in [6.45, 7) is 2.15. The number of nitrogens with zero attached hydrogens (tertiary/aromatic N) is 1. The largest absolute Gasteiger partial charge is 0.322 e. The van der Waals surface area contributed by atoms with Gasteiger partial charge in [-0.2, -0.15) is 0 Å². The molecule has 0 fully saturated rings. The Morgan fingerprint density at radius 2 is 1.74 bits per heavy atom. The molecule has 1 amide bonds. The van der Waals surface area contributed by atoms with Gasteiger partial charge in [0.15, 0.2) is 0 Å². The molecule has 100 valence electrons. The number of benzene rings is 1. The molecule has 0 atom stereocenters. The third-order valence-electron chi connectivity index (χ3n) is 2.69. The maximum Gasteiger partial charge on any atom is 0.255 e. The maximum absolute atomic E-state index is 11.9. The van der Waals surface area contributed by atoms with Crippen LogP contribution in [0.3, 0.4) is 0 Å². The molecule has 19 heavy (non-hydrogen) atoms. The lowest BCUT2D eigenvalue weighted by Crippen LogP contribution is -2.11. The van der Waals surface area contributed by atoms with Crippen LogP contribution in [0.25, 0.3) is 0 Å². The standard InChI is InChI=1S/C15H16N2O.ClH/c1-2-3-12-4-6-14(7-5-12)17-15(18)13-8-10-16-11-9-13;/h4-11H,2-3H2,1H3,(H,17,18);1H. The molecule has 0 aliphatic rings. The van der Waals surface area contributed by atoms with Gasteiger partial charge in [-0.1, -0.05) is 25.5 Å². The Labute approximate surface area is 119 Å². The number of aromatic nitrogens is 1. The smallest absolute Gasteiger partial charge is 0.255 e. The molecule has 1 aromatic heterocycles. The molecule has 4 heteroatoms. The Morgan fingerprint density at radius 3 is 2.32 bits per heavy atom. The summed E-state index contributed by atoms with van der Waals surface area (Å²) in [7, 11) is 0. The summed E-state index contributed by atoms with van der Waals surface area (Å²) in [5.74, 6) is -0.111. The molecule has 0 saturated carbocycles. The molecule has 1 aromatic carbocycles. The van der Waals surface area contributed by atoms with Crippen LogP contribution in [-0.2, 0) is 6.42 Å². The summed E-state index contributed by atoms with van der Waals surface area (Å²) in [6.07, 6.45) is 5.42. The second-order valence-corrected chi connectivity index (χ2v) is 4.14. The van der Waals surface area contributed by atoms with E-state index in [1.54, 1.807) is 24.5 Å². The van der Waals surface area contributed by atoms with Crippen LogP contribution in [0.4, 0.5) is 5.69 Å². The van der Waals surface area contributed by atoms with E-state index in [9.17, 15) is 4.79 Å². The van der Waals surface area contributed by atoms with Crippen LogP contribution in [0.15, 0.2) is 48.8 Å². The van der Waals surface area contributed by atoms with Crippen LogP contribution in [0.1, 0.15) is 29.3 Å². The molecular weight excluding hydrogens is 260 g/mol. The fourth-order valence-electron chi connectivity index (χ4n) is 1.75. The molecule has 3 nitrogen and oxygen atoms in total. The molecule has 0 aliphatic carbocycles. The van der Waals surface area contributed by atoms with Gasteiger partial charge in [0.1, 0.15) is 0 Å². The van der Waals surface area contributed by atoms with Crippen LogP contribution in [0, 0.1) is 0 Å². The van der Waals surface area contributed by atoms with Crippen molar-refractivity contribution in [1.82, 2.24) is 4.98 Å². The second kappa shape index (κ2) is 7.54. The van der Waals surface area contributed by atoms with Crippen molar-refractivity contribution < 1.29 is 4.79 Å². The van der Waals surface area contributed by atoms with Crippen molar-refractivity contribution in [3.63, 3.8) is 0 Å². The molecule has 0 saturated heterocycles. The van der Waals surface area contributed by atoms with Crippen LogP contribution < -0.4 is 5.32 Å². The van der Waals surface area contributed by atoms with Gasteiger partial charge in [0.2, 0.25) is 0 Å². The summed E-state index contributed by atoms with van der Waals surface area (Å²) in [6, 6.07) is 11.4. The van der Waals surface area contributed by atoms with Gasteiger partial charge in [-0.25, -0.2) is 0 Å². The van der Waals surface area contributed by atoms with Crippen LogP contribution in [0.2, 0.25) is 0 Å². The van der Waals surface area contributed by atoms with Crippen molar-refractivity contribution in [3.8, 4) is 0 Å². The van der Waals surface area contributed by atoms with E-state index in [1.165, 1.54) is 5.56 Å². The van der Waals surface area contributed by atoms with Crippen molar-refractivity contribution in [1.29, 1.82) is 0 Å². The van der Waals surface area contributed by atoms with Crippen molar-refractivity contribution in [3.05, 3.63) is 59.9 Å². The van der Waals surface area contributed by atoms with Crippen LogP contribution in [0.5, 0.6) is 0 Å². The average Bonchev–Trinajstić information content (AvgIpc) is 2.42. The Kier molecular flexibility index (Phi) is 6.03. The minimum Gasteiger partial charge on any atom is -0.322 e. The molecule has 0 aliphatic heterocycles. The van der Waals surface area contributed by atoms with Gasteiger partial charge < -0.3 is 5.32 Å². The number of pyridine rings is 1. The number of aryl methyl sites for hydroxylation is 1. The molecule has 0 radical (unpaired) electrons. The number of hydrogen-bond acceptors (Lipinski definition) is 2. The van der Waals surface area contributed by atoms with E-state index in [4.69, 9.17) is 0 Å². The zero-order chi connectivity index (χ0) is 12.8. The Hall–Kier alpha value is -1.87. The van der Waals surface area contributed by atoms with Gasteiger partial charge in [0, 0.05) is 23.6 Å². The first-order valence-corrected chi connectivity index (χ1v) is 6.10. The Balaban J connectivity index is 0.00000180. The summed E-state index contributed by atoms with van der Waals surface area (Å²) in [4.78, 5) is 15.8. The van der Waals surface area contributed by atoms with E-state index in [-0.39, 0.29) is 18.3 Å². The summed E-state index contributed by atoms with van der Waals surface area (Å²) in [5.41, 5.74) is 2.72. The minimum absolute atomic E-state index is 0. The number of carbonyl (C=O) groups is 1. The molecule has 1 heterocycles. The number of hydrogen-bond donors (Lipinski definition) is 1. The molecule has 2 aromatic rings. The number of carbonyl (C=O) groups excluding carboxylic acids is 1. The lowest BCUT2D eigenvalue weighted by Gasteiger charge is -2.06. The third-order valence-corrected chi connectivity index (χ3v) is 2.69. The summed E-state index contributed by atoms with van der Waals surface area (Å²) >= 11 is 0. The molecule has 1 N–H and O–H groups in total. The van der Waals surface area contributed by atoms with Gasteiger partial charge in [-0.15, -0.1) is 12.4 Å². The lowest BCUT2D eigenvalue weighted by molar-refractivity contribution is 0.102. The fourth-order valence-corrected chi connectivity index (χ4v) is 1.75. The molecule has 2 rings (SSSR count). The van der Waals surface area contributed by atoms with Crippen LogP contribution >= 0.6 is 12.4 Å². The number of amides is 1. The number of anilines is 1. The first kappa shape index (κ1) is 15.2. The fraction of sp³-hybridized carbons (Fsp3) is 0.200. The number of nitrogens with one attached hydrogen (secondary N) is 1. The lowest BCUT2D eigenvalue weighted by atomic mass is 10.1. The summed E-state index contributed by atoms with van der Waals surface area (Å²) < 4.78 is 0. The minimum atomic E-state index is -0.111. The van der Waals surface area contributed by atoms with Gasteiger partial charge in [-0.05, 0) is 36.2 Å².